The van der Waals surface area contributed by atoms with Gasteiger partial charge in [0.2, 0.25) is 11.0 Å². The number of rotatable bonds is 6. The van der Waals surface area contributed by atoms with E-state index in [1.807, 2.05) is 5.32 Å². The number of amides is 1. The fourth-order valence-corrected chi connectivity index (χ4v) is 6.22. The van der Waals surface area contributed by atoms with E-state index in [1.54, 1.807) is 19.1 Å². The Morgan fingerprint density at radius 1 is 1.25 bits per heavy atom. The number of allylic oxidation sites excluding steroid dienone is 3. The monoisotopic (exact) mass is 590 g/mol. The summed E-state index contributed by atoms with van der Waals surface area (Å²) in [6.07, 6.45) is 1.33. The van der Waals surface area contributed by atoms with Crippen LogP contribution in [0.2, 0.25) is 0 Å². The van der Waals surface area contributed by atoms with E-state index in [4.69, 9.17) is 10.2 Å². The van der Waals surface area contributed by atoms with Crippen LogP contribution in [0.5, 0.6) is 0 Å². The Balaban J connectivity index is 1.40. The number of aromatic nitrogens is 2. The number of Topliss-reactive ketones (excluding diaryl/α,β-unsaturated/α-hetero) is 1. The Hall–Kier alpha value is -4.16. The summed E-state index contributed by atoms with van der Waals surface area (Å²) in [5.74, 6) is -7.97. The predicted molar refractivity (Wildman–Crippen MR) is 137 cm³/mol. The van der Waals surface area contributed by atoms with E-state index < -0.39 is 46.5 Å². The zero-order valence-corrected chi connectivity index (χ0v) is 22.2. The number of halogens is 4. The summed E-state index contributed by atoms with van der Waals surface area (Å²) in [5.41, 5.74) is 6.28. The van der Waals surface area contributed by atoms with Crippen molar-refractivity contribution >= 4 is 45.6 Å². The van der Waals surface area contributed by atoms with Crippen LogP contribution in [0.25, 0.3) is 0 Å². The average Bonchev–Trinajstić information content (AvgIpc) is 3.57. The minimum atomic E-state index is -1.73. The number of nitrogens with zero attached hydrogens (tertiary/aromatic N) is 4. The lowest BCUT2D eigenvalue weighted by atomic mass is 9.78. The molecule has 0 spiro atoms. The topological polar surface area (TPSA) is 138 Å². The number of nitriles is 1. The summed E-state index contributed by atoms with van der Waals surface area (Å²) in [5, 5.41) is 20.2. The third-order valence-corrected chi connectivity index (χ3v) is 8.29. The SMILES string of the molecule is Cc1ccc(C2C(C#N)=C(N)N(c3nnc(SCC(=O)Nc4c(F)c(F)cc(F)c4F)s3)C3=C2C(=O)CCC3)o1. The van der Waals surface area contributed by atoms with Crippen LogP contribution < -0.4 is 16.0 Å². The van der Waals surface area contributed by atoms with Crippen LogP contribution in [0, 0.1) is 41.5 Å². The second-order valence-electron chi connectivity index (χ2n) is 8.80. The maximum Gasteiger partial charge on any atom is 0.234 e. The van der Waals surface area contributed by atoms with E-state index in [1.165, 1.54) is 4.90 Å². The van der Waals surface area contributed by atoms with Crippen LogP contribution in [0.3, 0.4) is 0 Å². The molecule has 40 heavy (non-hydrogen) atoms. The maximum absolute atomic E-state index is 13.9. The van der Waals surface area contributed by atoms with Crippen molar-refractivity contribution < 1.29 is 31.6 Å². The third kappa shape index (κ3) is 4.84. The van der Waals surface area contributed by atoms with Gasteiger partial charge in [0.25, 0.3) is 0 Å². The minimum absolute atomic E-state index is 0.0366. The molecule has 0 saturated carbocycles. The van der Waals surface area contributed by atoms with Crippen molar-refractivity contribution in [1.29, 1.82) is 5.26 Å². The van der Waals surface area contributed by atoms with Crippen molar-refractivity contribution in [2.24, 2.45) is 5.73 Å². The number of thioether (sulfide) groups is 1. The number of anilines is 2. The molecule has 3 heterocycles. The number of carbonyl (C=O) groups is 2. The first-order valence-corrected chi connectivity index (χ1v) is 13.5. The zero-order chi connectivity index (χ0) is 28.7. The molecule has 206 valence electrons. The molecule has 5 rings (SSSR count). The first-order valence-electron chi connectivity index (χ1n) is 11.7. The summed E-state index contributed by atoms with van der Waals surface area (Å²) in [7, 11) is 0. The molecule has 0 fully saturated rings. The van der Waals surface area contributed by atoms with E-state index in [0.29, 0.717) is 42.1 Å². The van der Waals surface area contributed by atoms with Gasteiger partial charge in [-0.05, 0) is 31.9 Å². The first-order chi connectivity index (χ1) is 19.1. The van der Waals surface area contributed by atoms with Crippen molar-refractivity contribution in [2.45, 2.75) is 36.4 Å². The Morgan fingerprint density at radius 2 is 1.98 bits per heavy atom. The van der Waals surface area contributed by atoms with Crippen molar-refractivity contribution in [3.8, 4) is 6.07 Å². The summed E-state index contributed by atoms with van der Waals surface area (Å²) >= 11 is 1.84. The van der Waals surface area contributed by atoms with E-state index in [-0.39, 0.29) is 32.7 Å². The third-order valence-electron chi connectivity index (χ3n) is 6.25. The Kier molecular flexibility index (Phi) is 7.39. The molecule has 3 N–H and O–H groups in total. The molecule has 1 unspecified atom stereocenters. The highest BCUT2D eigenvalue weighted by Gasteiger charge is 2.42. The number of nitrogens with two attached hydrogens (primary N) is 1. The number of hydrogen-bond acceptors (Lipinski definition) is 10. The minimum Gasteiger partial charge on any atom is -0.465 e. The number of nitrogens with one attached hydrogen (secondary N) is 1. The lowest BCUT2D eigenvalue weighted by Gasteiger charge is -2.37. The van der Waals surface area contributed by atoms with Crippen LogP contribution in [0.1, 0.15) is 36.7 Å². The Morgan fingerprint density at radius 3 is 2.62 bits per heavy atom. The lowest BCUT2D eigenvalue weighted by Crippen LogP contribution is -2.38. The van der Waals surface area contributed by atoms with Gasteiger partial charge in [0.15, 0.2) is 33.4 Å². The molecular formula is C25H18F4N6O3S2. The Bertz CT molecular complexity index is 1630. The molecule has 0 bridgehead atoms. The molecule has 1 aliphatic heterocycles. The van der Waals surface area contributed by atoms with Crippen molar-refractivity contribution in [2.75, 3.05) is 16.0 Å². The van der Waals surface area contributed by atoms with Gasteiger partial charge >= 0.3 is 0 Å². The fourth-order valence-electron chi connectivity index (χ4n) is 4.53. The fraction of sp³-hybridized carbons (Fsp3) is 0.240. The van der Waals surface area contributed by atoms with Gasteiger partial charge in [-0.3, -0.25) is 14.5 Å². The standard InChI is InChI=1S/C25H18F4N6O3S2/c1-10-5-6-16(38-10)18-11(8-30)23(31)35(14-3-2-4-15(36)19(14)18)24-33-34-25(40-24)39-9-17(37)32-22-20(28)12(26)7-13(27)21(22)29/h5-7,18H,2-4,9,31H2,1H3,(H,32,37). The largest absolute Gasteiger partial charge is 0.465 e. The highest BCUT2D eigenvalue weighted by molar-refractivity contribution is 8.01. The average molecular weight is 591 g/mol. The number of furan rings is 1. The number of ketones is 1. The summed E-state index contributed by atoms with van der Waals surface area (Å²) in [6, 6.07) is 5.58. The lowest BCUT2D eigenvalue weighted by molar-refractivity contribution is -0.116. The molecule has 0 saturated heterocycles. The van der Waals surface area contributed by atoms with Gasteiger partial charge < -0.3 is 15.5 Å². The molecule has 2 aliphatic rings. The smallest absolute Gasteiger partial charge is 0.234 e. The molecule has 1 atom stereocenters. The van der Waals surface area contributed by atoms with Crippen molar-refractivity contribution in [3.63, 3.8) is 0 Å². The Labute approximate surface area is 232 Å². The predicted octanol–water partition coefficient (Wildman–Crippen LogP) is 5.03. The number of aryl methyl sites for hydroxylation is 1. The zero-order valence-electron chi connectivity index (χ0n) is 20.6. The molecule has 15 heteroatoms. The van der Waals surface area contributed by atoms with Gasteiger partial charge in [0.05, 0.1) is 23.3 Å². The maximum atomic E-state index is 13.9. The number of carbonyl (C=O) groups excluding carboxylic acids is 2. The van der Waals surface area contributed by atoms with E-state index in [2.05, 4.69) is 16.3 Å². The molecule has 2 aromatic heterocycles. The van der Waals surface area contributed by atoms with Gasteiger partial charge in [-0.15, -0.1) is 10.2 Å². The summed E-state index contributed by atoms with van der Waals surface area (Å²) in [4.78, 5) is 26.9. The highest BCUT2D eigenvalue weighted by atomic mass is 32.2. The molecule has 1 aromatic carbocycles. The van der Waals surface area contributed by atoms with Gasteiger partial charge in [0.1, 0.15) is 23.0 Å². The summed E-state index contributed by atoms with van der Waals surface area (Å²) in [6.45, 7) is 1.75. The quantitative estimate of drug-likeness (QED) is 0.230. The van der Waals surface area contributed by atoms with Crippen LogP contribution in [-0.4, -0.2) is 27.6 Å². The van der Waals surface area contributed by atoms with Crippen molar-refractivity contribution in [1.82, 2.24) is 10.2 Å². The van der Waals surface area contributed by atoms with Crippen LogP contribution in [0.4, 0.5) is 28.4 Å². The van der Waals surface area contributed by atoms with Crippen LogP contribution >= 0.6 is 23.1 Å². The van der Waals surface area contributed by atoms with Crippen LogP contribution in [-0.2, 0) is 9.59 Å². The second-order valence-corrected chi connectivity index (χ2v) is 11.0. The molecular weight excluding hydrogens is 572 g/mol. The van der Waals surface area contributed by atoms with E-state index >= 15 is 0 Å². The van der Waals surface area contributed by atoms with E-state index in [9.17, 15) is 32.4 Å². The molecule has 3 aromatic rings. The first kappa shape index (κ1) is 27.4. The normalized spacial score (nSPS) is 17.2. The van der Waals surface area contributed by atoms with Gasteiger partial charge in [0, 0.05) is 23.8 Å². The second kappa shape index (κ2) is 10.8. The van der Waals surface area contributed by atoms with Gasteiger partial charge in [-0.25, -0.2) is 17.6 Å². The van der Waals surface area contributed by atoms with E-state index in [0.717, 1.165) is 23.1 Å². The number of hydrogen-bond donors (Lipinski definition) is 2. The van der Waals surface area contributed by atoms with Gasteiger partial charge in [-0.1, -0.05) is 23.1 Å². The molecule has 9 nitrogen and oxygen atoms in total. The summed E-state index contributed by atoms with van der Waals surface area (Å²) < 4.78 is 60.6. The molecule has 0 radical (unpaired) electrons. The van der Waals surface area contributed by atoms with Crippen LogP contribution in [0.15, 0.2) is 49.6 Å². The molecule has 1 amide bonds. The van der Waals surface area contributed by atoms with Crippen molar-refractivity contribution in [3.05, 3.63) is 75.7 Å². The highest BCUT2D eigenvalue weighted by Crippen LogP contribution is 2.47. The number of benzene rings is 1. The molecule has 1 aliphatic carbocycles. The van der Waals surface area contributed by atoms with Gasteiger partial charge in [-0.2, -0.15) is 5.26 Å².